The number of benzene rings is 1. The lowest BCUT2D eigenvalue weighted by molar-refractivity contribution is 0.161. The fourth-order valence-electron chi connectivity index (χ4n) is 2.76. The normalized spacial score (nSPS) is 18.4. The van der Waals surface area contributed by atoms with Crippen molar-refractivity contribution in [2.45, 2.75) is 51.1 Å². The molecule has 1 aromatic rings. The predicted octanol–water partition coefficient (Wildman–Crippen LogP) is 3.13. The number of aliphatic hydroxyl groups is 1. The molecule has 0 aliphatic heterocycles. The zero-order valence-electron chi connectivity index (χ0n) is 13.2. The molecular weight excluding hydrogens is 283 g/mol. The number of carbonyl (C=O) groups is 1. The zero-order chi connectivity index (χ0) is 16.2. The number of urea groups is 1. The Balaban J connectivity index is 2.02. The van der Waals surface area contributed by atoms with E-state index in [9.17, 15) is 14.3 Å². The van der Waals surface area contributed by atoms with Crippen LogP contribution in [0.3, 0.4) is 0 Å². The summed E-state index contributed by atoms with van der Waals surface area (Å²) < 4.78 is 13.1. The molecule has 2 atom stereocenters. The van der Waals surface area contributed by atoms with Crippen molar-refractivity contribution in [2.75, 3.05) is 6.61 Å². The summed E-state index contributed by atoms with van der Waals surface area (Å²) >= 11 is 0. The molecule has 0 aromatic heterocycles. The maximum atomic E-state index is 13.1. The van der Waals surface area contributed by atoms with Crippen LogP contribution < -0.4 is 10.6 Å². The fraction of sp³-hybridized carbons (Fsp3) is 0.588. The summed E-state index contributed by atoms with van der Waals surface area (Å²) in [5.41, 5.74) is 0.302. The highest BCUT2D eigenvalue weighted by Crippen LogP contribution is 2.41. The summed E-state index contributed by atoms with van der Waals surface area (Å²) in [5, 5.41) is 15.3. The van der Waals surface area contributed by atoms with Gasteiger partial charge in [-0.2, -0.15) is 0 Å². The molecule has 1 aliphatic rings. The molecule has 1 aromatic carbocycles. The number of amides is 2. The van der Waals surface area contributed by atoms with E-state index in [1.54, 1.807) is 12.1 Å². The SMILES string of the molecule is CCCC(C)(CO)NC(=O)NC(c1ccc(F)cc1)C1CC1. The maximum absolute atomic E-state index is 13.1. The lowest BCUT2D eigenvalue weighted by Gasteiger charge is -2.30. The molecule has 0 radical (unpaired) electrons. The summed E-state index contributed by atoms with van der Waals surface area (Å²) in [4.78, 5) is 12.3. The van der Waals surface area contributed by atoms with Crippen molar-refractivity contribution in [1.29, 1.82) is 0 Å². The average molecular weight is 308 g/mol. The summed E-state index contributed by atoms with van der Waals surface area (Å²) in [6.07, 6.45) is 3.71. The molecule has 122 valence electrons. The van der Waals surface area contributed by atoms with Crippen LogP contribution in [0, 0.1) is 11.7 Å². The first kappa shape index (κ1) is 16.7. The van der Waals surface area contributed by atoms with Gasteiger partial charge in [0.1, 0.15) is 5.82 Å². The molecule has 4 nitrogen and oxygen atoms in total. The van der Waals surface area contributed by atoms with E-state index < -0.39 is 5.54 Å². The Hall–Kier alpha value is -1.62. The fourth-order valence-corrected chi connectivity index (χ4v) is 2.76. The molecule has 1 aliphatic carbocycles. The highest BCUT2D eigenvalue weighted by Gasteiger charge is 2.34. The number of rotatable bonds is 7. The Morgan fingerprint density at radius 2 is 2.05 bits per heavy atom. The van der Waals surface area contributed by atoms with Gasteiger partial charge in [-0.15, -0.1) is 0 Å². The minimum Gasteiger partial charge on any atom is -0.394 e. The van der Waals surface area contributed by atoms with Crippen LogP contribution >= 0.6 is 0 Å². The second-order valence-corrected chi connectivity index (χ2v) is 6.43. The van der Waals surface area contributed by atoms with E-state index in [1.165, 1.54) is 12.1 Å². The van der Waals surface area contributed by atoms with Gasteiger partial charge in [-0.05, 0) is 49.8 Å². The summed E-state index contributed by atoms with van der Waals surface area (Å²) in [6.45, 7) is 3.75. The van der Waals surface area contributed by atoms with Crippen LogP contribution in [0.2, 0.25) is 0 Å². The van der Waals surface area contributed by atoms with Gasteiger partial charge in [-0.25, -0.2) is 9.18 Å². The van der Waals surface area contributed by atoms with Gasteiger partial charge in [0.15, 0.2) is 0 Å². The molecule has 0 heterocycles. The lowest BCUT2D eigenvalue weighted by atomic mass is 9.97. The number of aliphatic hydroxyl groups excluding tert-OH is 1. The van der Waals surface area contributed by atoms with E-state index in [0.29, 0.717) is 12.3 Å². The van der Waals surface area contributed by atoms with E-state index in [2.05, 4.69) is 10.6 Å². The number of carbonyl (C=O) groups excluding carboxylic acids is 1. The van der Waals surface area contributed by atoms with Gasteiger partial charge in [0, 0.05) is 0 Å². The molecule has 2 unspecified atom stereocenters. The van der Waals surface area contributed by atoms with E-state index in [-0.39, 0.29) is 24.5 Å². The van der Waals surface area contributed by atoms with Gasteiger partial charge in [0.25, 0.3) is 0 Å². The molecule has 1 fully saturated rings. The van der Waals surface area contributed by atoms with Crippen molar-refractivity contribution in [1.82, 2.24) is 10.6 Å². The maximum Gasteiger partial charge on any atom is 0.315 e. The van der Waals surface area contributed by atoms with E-state index in [4.69, 9.17) is 0 Å². The average Bonchev–Trinajstić information content (AvgIpc) is 3.30. The largest absolute Gasteiger partial charge is 0.394 e. The molecule has 0 bridgehead atoms. The minimum absolute atomic E-state index is 0.0983. The standard InChI is InChI=1S/C17H25FN2O2/c1-3-10-17(2,11-21)20-16(22)19-15(12-4-5-12)13-6-8-14(18)9-7-13/h6-9,12,15,21H,3-5,10-11H2,1-2H3,(H2,19,20,22). The molecule has 2 rings (SSSR count). The first-order valence-electron chi connectivity index (χ1n) is 7.92. The van der Waals surface area contributed by atoms with Crippen LogP contribution in [-0.4, -0.2) is 23.3 Å². The number of nitrogens with one attached hydrogen (secondary N) is 2. The predicted molar refractivity (Wildman–Crippen MR) is 83.9 cm³/mol. The monoisotopic (exact) mass is 308 g/mol. The molecule has 2 amide bonds. The third-order valence-corrected chi connectivity index (χ3v) is 4.18. The van der Waals surface area contributed by atoms with Gasteiger partial charge in [-0.1, -0.05) is 25.5 Å². The highest BCUT2D eigenvalue weighted by molar-refractivity contribution is 5.75. The van der Waals surface area contributed by atoms with Crippen LogP contribution in [-0.2, 0) is 0 Å². The van der Waals surface area contributed by atoms with Crippen molar-refractivity contribution in [3.8, 4) is 0 Å². The first-order chi connectivity index (χ1) is 10.5. The van der Waals surface area contributed by atoms with Crippen molar-refractivity contribution >= 4 is 6.03 Å². The van der Waals surface area contributed by atoms with Gasteiger partial charge in [0.05, 0.1) is 18.2 Å². The molecule has 22 heavy (non-hydrogen) atoms. The molecule has 0 spiro atoms. The van der Waals surface area contributed by atoms with Crippen LogP contribution in [0.25, 0.3) is 0 Å². The Labute approximate surface area is 131 Å². The minimum atomic E-state index is -0.615. The number of hydrogen-bond donors (Lipinski definition) is 3. The molecular formula is C17H25FN2O2. The third-order valence-electron chi connectivity index (χ3n) is 4.18. The number of hydrogen-bond acceptors (Lipinski definition) is 2. The zero-order valence-corrected chi connectivity index (χ0v) is 13.2. The Morgan fingerprint density at radius 1 is 1.41 bits per heavy atom. The van der Waals surface area contributed by atoms with Gasteiger partial charge < -0.3 is 15.7 Å². The summed E-state index contributed by atoms with van der Waals surface area (Å²) in [6, 6.07) is 5.88. The Kier molecular flexibility index (Phi) is 5.40. The van der Waals surface area contributed by atoms with Crippen LogP contribution in [0.1, 0.15) is 51.1 Å². The second kappa shape index (κ2) is 7.09. The van der Waals surface area contributed by atoms with Crippen molar-refractivity contribution < 1.29 is 14.3 Å². The van der Waals surface area contributed by atoms with Crippen molar-refractivity contribution in [3.63, 3.8) is 0 Å². The summed E-state index contributed by atoms with van der Waals surface area (Å²) in [5.74, 6) is 0.126. The lowest BCUT2D eigenvalue weighted by Crippen LogP contribution is -2.53. The second-order valence-electron chi connectivity index (χ2n) is 6.43. The van der Waals surface area contributed by atoms with Gasteiger partial charge in [0.2, 0.25) is 0 Å². The number of halogens is 1. The van der Waals surface area contributed by atoms with E-state index >= 15 is 0 Å². The van der Waals surface area contributed by atoms with Crippen LogP contribution in [0.15, 0.2) is 24.3 Å². The Morgan fingerprint density at radius 3 is 2.55 bits per heavy atom. The smallest absolute Gasteiger partial charge is 0.315 e. The van der Waals surface area contributed by atoms with E-state index in [1.807, 2.05) is 13.8 Å². The molecule has 5 heteroatoms. The third kappa shape index (κ3) is 4.44. The van der Waals surface area contributed by atoms with Crippen molar-refractivity contribution in [2.24, 2.45) is 5.92 Å². The molecule has 0 saturated heterocycles. The summed E-state index contributed by atoms with van der Waals surface area (Å²) in [7, 11) is 0. The van der Waals surface area contributed by atoms with E-state index in [0.717, 1.165) is 24.8 Å². The van der Waals surface area contributed by atoms with Gasteiger partial charge in [-0.3, -0.25) is 0 Å². The quantitative estimate of drug-likeness (QED) is 0.725. The Bertz CT molecular complexity index is 502. The molecule has 3 N–H and O–H groups in total. The van der Waals surface area contributed by atoms with Crippen molar-refractivity contribution in [3.05, 3.63) is 35.6 Å². The highest BCUT2D eigenvalue weighted by atomic mass is 19.1. The topological polar surface area (TPSA) is 61.4 Å². The van der Waals surface area contributed by atoms with Crippen LogP contribution in [0.5, 0.6) is 0 Å². The molecule has 1 saturated carbocycles. The van der Waals surface area contributed by atoms with Gasteiger partial charge >= 0.3 is 6.03 Å². The van der Waals surface area contributed by atoms with Crippen LogP contribution in [0.4, 0.5) is 9.18 Å². The first-order valence-corrected chi connectivity index (χ1v) is 7.92.